The normalized spacial score (nSPS) is 12.3. The van der Waals surface area contributed by atoms with Crippen molar-refractivity contribution in [2.75, 3.05) is 0 Å². The zero-order valence-corrected chi connectivity index (χ0v) is 23.4. The van der Waals surface area contributed by atoms with Gasteiger partial charge in [-0.15, -0.1) is 0 Å². The number of aromatic nitrogens is 2. The monoisotopic (exact) mass is 497 g/mol. The van der Waals surface area contributed by atoms with Crippen LogP contribution in [0, 0.1) is 0 Å². The minimum atomic E-state index is -0.787. The Morgan fingerprint density at radius 3 is 1.51 bits per heavy atom. The number of imidazole rings is 1. The third-order valence-corrected chi connectivity index (χ3v) is 9.73. The van der Waals surface area contributed by atoms with Crippen LogP contribution in [0.5, 0.6) is 0 Å². The fraction of sp³-hybridized carbons (Fsp3) is 0.182. The highest BCUT2D eigenvalue weighted by atomic mass is 28.2. The standard InChI is InChI=1S/C33H34BN2Si/c1-32(2,3)37-33(28-20-12-6-13-21-28,29-22-14-7-15-23-29)36-25-24-35-31(36)34-30(26-16-8-4-9-17-26)27-18-10-5-11-19-27/h4-25,30H,37H2,1-3H3. The smallest absolute Gasteiger partial charge is 0.215 e. The van der Waals surface area contributed by atoms with Crippen LogP contribution in [0.3, 0.4) is 0 Å². The van der Waals surface area contributed by atoms with Gasteiger partial charge in [-0.1, -0.05) is 142 Å². The van der Waals surface area contributed by atoms with Crippen molar-refractivity contribution in [1.82, 2.24) is 9.55 Å². The van der Waals surface area contributed by atoms with E-state index in [1.165, 1.54) is 22.3 Å². The van der Waals surface area contributed by atoms with Crippen LogP contribution < -0.4 is 5.72 Å². The summed E-state index contributed by atoms with van der Waals surface area (Å²) in [6.45, 7) is 7.16. The molecule has 0 aliphatic rings. The maximum Gasteiger partial charge on any atom is 0.215 e. The Morgan fingerprint density at radius 2 is 1.08 bits per heavy atom. The van der Waals surface area contributed by atoms with Crippen molar-refractivity contribution < 1.29 is 0 Å². The molecule has 0 saturated heterocycles. The number of nitrogens with zero attached hydrogens (tertiary/aromatic N) is 2. The Balaban J connectivity index is 1.71. The fourth-order valence-electron chi connectivity index (χ4n) is 5.55. The van der Waals surface area contributed by atoms with Gasteiger partial charge in [0.15, 0.2) is 0 Å². The molecular weight excluding hydrogens is 463 g/mol. The van der Waals surface area contributed by atoms with Crippen LogP contribution in [0.25, 0.3) is 0 Å². The molecule has 1 heterocycles. The van der Waals surface area contributed by atoms with Crippen LogP contribution in [0.1, 0.15) is 48.8 Å². The number of rotatable bonds is 8. The lowest BCUT2D eigenvalue weighted by Gasteiger charge is -2.42. The van der Waals surface area contributed by atoms with Gasteiger partial charge in [-0.05, 0) is 33.1 Å². The molecule has 0 saturated carbocycles. The Kier molecular flexibility index (Phi) is 7.29. The van der Waals surface area contributed by atoms with E-state index in [-0.39, 0.29) is 16.0 Å². The summed E-state index contributed by atoms with van der Waals surface area (Å²) in [7, 11) is 1.56. The molecule has 2 nitrogen and oxygen atoms in total. The Bertz CT molecular complexity index is 1320. The second kappa shape index (κ2) is 10.8. The predicted molar refractivity (Wildman–Crippen MR) is 160 cm³/mol. The molecule has 0 N–H and O–H groups in total. The van der Waals surface area contributed by atoms with Gasteiger partial charge in [-0.2, -0.15) is 0 Å². The second-order valence-corrected chi connectivity index (χ2v) is 14.4. The molecule has 37 heavy (non-hydrogen) atoms. The van der Waals surface area contributed by atoms with E-state index in [2.05, 4.69) is 160 Å². The average molecular weight is 498 g/mol. The molecule has 183 valence electrons. The van der Waals surface area contributed by atoms with Crippen LogP contribution in [0.4, 0.5) is 0 Å². The van der Waals surface area contributed by atoms with E-state index >= 15 is 0 Å². The number of hydrogen-bond donors (Lipinski definition) is 0. The third-order valence-electron chi connectivity index (χ3n) is 7.00. The largest absolute Gasteiger partial charge is 0.333 e. The molecule has 4 heteroatoms. The first-order chi connectivity index (χ1) is 18.0. The van der Waals surface area contributed by atoms with Crippen molar-refractivity contribution in [3.8, 4) is 0 Å². The van der Waals surface area contributed by atoms with E-state index in [1.807, 2.05) is 6.20 Å². The maximum absolute atomic E-state index is 4.98. The molecule has 0 fully saturated rings. The van der Waals surface area contributed by atoms with E-state index < -0.39 is 9.52 Å². The lowest BCUT2D eigenvalue weighted by molar-refractivity contribution is 0.576. The van der Waals surface area contributed by atoms with Crippen molar-refractivity contribution in [2.24, 2.45) is 0 Å². The highest BCUT2D eigenvalue weighted by Crippen LogP contribution is 2.40. The van der Waals surface area contributed by atoms with Gasteiger partial charge in [0.1, 0.15) is 0 Å². The first-order valence-electron chi connectivity index (χ1n) is 13.1. The van der Waals surface area contributed by atoms with Crippen molar-refractivity contribution in [2.45, 2.75) is 36.8 Å². The minimum absolute atomic E-state index is 0.101. The van der Waals surface area contributed by atoms with Crippen LogP contribution >= 0.6 is 0 Å². The van der Waals surface area contributed by atoms with Crippen LogP contribution in [-0.4, -0.2) is 26.4 Å². The highest BCUT2D eigenvalue weighted by Gasteiger charge is 2.41. The van der Waals surface area contributed by atoms with Crippen molar-refractivity contribution in [1.29, 1.82) is 0 Å². The second-order valence-electron chi connectivity index (χ2n) is 11.0. The summed E-state index contributed by atoms with van der Waals surface area (Å²) in [4.78, 5) is 4.98. The molecule has 1 radical (unpaired) electrons. The molecule has 5 aromatic rings. The zero-order valence-electron chi connectivity index (χ0n) is 22.0. The molecule has 0 aliphatic heterocycles. The molecule has 0 spiro atoms. The summed E-state index contributed by atoms with van der Waals surface area (Å²) in [6.07, 6.45) is 4.16. The van der Waals surface area contributed by atoms with Gasteiger partial charge in [-0.25, -0.2) is 0 Å². The minimum Gasteiger partial charge on any atom is -0.333 e. The van der Waals surface area contributed by atoms with Crippen molar-refractivity contribution >= 4 is 22.5 Å². The van der Waals surface area contributed by atoms with Gasteiger partial charge in [0, 0.05) is 12.4 Å². The maximum atomic E-state index is 4.98. The summed E-state index contributed by atoms with van der Waals surface area (Å²) in [5, 5.41) is -0.0769. The van der Waals surface area contributed by atoms with E-state index in [9.17, 15) is 0 Å². The van der Waals surface area contributed by atoms with Gasteiger partial charge < -0.3 is 4.57 Å². The summed E-state index contributed by atoms with van der Waals surface area (Å²) < 4.78 is 2.47. The molecule has 0 unspecified atom stereocenters. The van der Waals surface area contributed by atoms with E-state index in [0.29, 0.717) is 0 Å². The Morgan fingerprint density at radius 1 is 0.649 bits per heavy atom. The van der Waals surface area contributed by atoms with Gasteiger partial charge in [0.2, 0.25) is 7.28 Å². The Labute approximate surface area is 224 Å². The third kappa shape index (κ3) is 5.40. The number of benzene rings is 4. The van der Waals surface area contributed by atoms with E-state index in [4.69, 9.17) is 4.98 Å². The first-order valence-corrected chi connectivity index (χ1v) is 14.5. The van der Waals surface area contributed by atoms with Gasteiger partial charge in [0.25, 0.3) is 0 Å². The molecule has 0 aliphatic carbocycles. The molecule has 4 aromatic carbocycles. The van der Waals surface area contributed by atoms with Gasteiger partial charge >= 0.3 is 0 Å². The molecule has 0 atom stereocenters. The molecule has 0 bridgehead atoms. The SMILES string of the molecule is CC(C)(C)[SiH2]C(c1ccccc1)(c1ccccc1)n1ccnc1[B]C(c1ccccc1)c1ccccc1. The summed E-state index contributed by atoms with van der Waals surface area (Å²) in [5.74, 6) is 0.101. The average Bonchev–Trinajstić information content (AvgIpc) is 3.40. The van der Waals surface area contributed by atoms with Crippen LogP contribution in [0.2, 0.25) is 5.04 Å². The van der Waals surface area contributed by atoms with Crippen molar-refractivity contribution in [3.63, 3.8) is 0 Å². The molecule has 1 aromatic heterocycles. The van der Waals surface area contributed by atoms with E-state index in [0.717, 1.165) is 5.72 Å². The lowest BCUT2D eigenvalue weighted by Crippen LogP contribution is -2.51. The summed E-state index contributed by atoms with van der Waals surface area (Å²) in [5.41, 5.74) is 6.18. The van der Waals surface area contributed by atoms with Crippen molar-refractivity contribution in [3.05, 3.63) is 156 Å². The first kappa shape index (κ1) is 25.0. The lowest BCUT2D eigenvalue weighted by atomic mass is 9.58. The summed E-state index contributed by atoms with van der Waals surface area (Å²) in [6, 6.07) is 43.6. The molecular formula is C33H34BN2Si. The van der Waals surface area contributed by atoms with E-state index in [1.54, 1.807) is 0 Å². The Hall–Kier alpha value is -3.63. The number of hydrogen-bond acceptors (Lipinski definition) is 1. The van der Waals surface area contributed by atoms with Gasteiger partial charge in [0.05, 0.1) is 20.4 Å². The topological polar surface area (TPSA) is 17.8 Å². The molecule has 0 amide bonds. The van der Waals surface area contributed by atoms with Crippen LogP contribution in [0.15, 0.2) is 134 Å². The predicted octanol–water partition coefficient (Wildman–Crippen LogP) is 6.14. The summed E-state index contributed by atoms with van der Waals surface area (Å²) >= 11 is 0. The van der Waals surface area contributed by atoms with Gasteiger partial charge in [-0.3, -0.25) is 4.98 Å². The van der Waals surface area contributed by atoms with Crippen LogP contribution in [-0.2, 0) is 5.16 Å². The molecule has 5 rings (SSSR count). The fourth-order valence-corrected chi connectivity index (χ4v) is 8.40. The quantitative estimate of drug-likeness (QED) is 0.236. The highest BCUT2D eigenvalue weighted by molar-refractivity contribution is 6.54. The zero-order chi connectivity index (χ0) is 25.7.